The fourth-order valence-electron chi connectivity index (χ4n) is 1.65. The number of benzene rings is 1. The first-order valence-electron chi connectivity index (χ1n) is 5.29. The van der Waals surface area contributed by atoms with E-state index < -0.39 is 0 Å². The Morgan fingerprint density at radius 1 is 1.31 bits per heavy atom. The van der Waals surface area contributed by atoms with Gasteiger partial charge < -0.3 is 4.98 Å². The van der Waals surface area contributed by atoms with E-state index in [4.69, 9.17) is 5.26 Å². The summed E-state index contributed by atoms with van der Waals surface area (Å²) in [7, 11) is 0. The molecule has 0 amide bonds. The van der Waals surface area contributed by atoms with Crippen LogP contribution in [0.2, 0.25) is 0 Å². The lowest BCUT2D eigenvalue weighted by Gasteiger charge is -1.94. The molecule has 1 N–H and O–H groups in total. The molecule has 3 heteroatoms. The molecule has 0 saturated heterocycles. The molecule has 16 heavy (non-hydrogen) atoms. The molecule has 0 radical (unpaired) electrons. The summed E-state index contributed by atoms with van der Waals surface area (Å²) in [5.74, 6) is 0.881. The van der Waals surface area contributed by atoms with E-state index >= 15 is 0 Å². The lowest BCUT2D eigenvalue weighted by atomic mass is 10.2. The Kier molecular flexibility index (Phi) is 3.02. The van der Waals surface area contributed by atoms with Gasteiger partial charge in [0.25, 0.3) is 0 Å². The quantitative estimate of drug-likeness (QED) is 0.848. The molecule has 2 rings (SSSR count). The molecule has 0 aliphatic heterocycles. The molecule has 3 nitrogen and oxygen atoms in total. The van der Waals surface area contributed by atoms with Crippen LogP contribution in [-0.2, 0) is 6.42 Å². The number of nitrogens with one attached hydrogen (secondary N) is 1. The zero-order chi connectivity index (χ0) is 11.4. The molecule has 0 aliphatic rings. The Hall–Kier alpha value is -2.08. The summed E-state index contributed by atoms with van der Waals surface area (Å²) in [6.07, 6.45) is 1.26. The normalized spacial score (nSPS) is 10.0. The fourth-order valence-corrected chi connectivity index (χ4v) is 1.65. The van der Waals surface area contributed by atoms with Crippen molar-refractivity contribution < 1.29 is 0 Å². The van der Waals surface area contributed by atoms with Gasteiger partial charge in [-0.15, -0.1) is 0 Å². The first-order valence-corrected chi connectivity index (χ1v) is 5.29. The molecule has 0 bridgehead atoms. The number of rotatable bonds is 3. The number of aromatic nitrogens is 2. The molecule has 0 spiro atoms. The average Bonchev–Trinajstić information content (AvgIpc) is 2.69. The van der Waals surface area contributed by atoms with Gasteiger partial charge in [-0.05, 0) is 6.92 Å². The van der Waals surface area contributed by atoms with Crippen molar-refractivity contribution in [1.29, 1.82) is 5.26 Å². The number of imidazole rings is 1. The second-order valence-electron chi connectivity index (χ2n) is 3.67. The van der Waals surface area contributed by atoms with Gasteiger partial charge in [0.15, 0.2) is 0 Å². The van der Waals surface area contributed by atoms with Gasteiger partial charge in [-0.3, -0.25) is 0 Å². The minimum atomic E-state index is 0.525. The van der Waals surface area contributed by atoms with Crippen molar-refractivity contribution in [3.8, 4) is 17.5 Å². The van der Waals surface area contributed by atoms with Crippen molar-refractivity contribution in [2.75, 3.05) is 0 Å². The molecule has 2 aromatic rings. The van der Waals surface area contributed by atoms with Gasteiger partial charge in [0.2, 0.25) is 0 Å². The fraction of sp³-hybridized carbons (Fsp3) is 0.231. The molecular weight excluding hydrogens is 198 g/mol. The van der Waals surface area contributed by atoms with Crippen LogP contribution in [0.5, 0.6) is 0 Å². The van der Waals surface area contributed by atoms with Crippen molar-refractivity contribution in [2.24, 2.45) is 0 Å². The second kappa shape index (κ2) is 4.63. The summed E-state index contributed by atoms with van der Waals surface area (Å²) in [5, 5.41) is 8.56. The van der Waals surface area contributed by atoms with E-state index in [1.807, 2.05) is 37.3 Å². The smallest absolute Gasteiger partial charge is 0.137 e. The van der Waals surface area contributed by atoms with Crippen LogP contribution in [0.1, 0.15) is 17.8 Å². The highest BCUT2D eigenvalue weighted by Gasteiger charge is 2.07. The maximum Gasteiger partial charge on any atom is 0.137 e. The van der Waals surface area contributed by atoms with Gasteiger partial charge in [0, 0.05) is 24.1 Å². The zero-order valence-corrected chi connectivity index (χ0v) is 9.20. The van der Waals surface area contributed by atoms with Gasteiger partial charge >= 0.3 is 0 Å². The van der Waals surface area contributed by atoms with E-state index in [2.05, 4.69) is 16.0 Å². The van der Waals surface area contributed by atoms with Crippen molar-refractivity contribution in [2.45, 2.75) is 19.8 Å². The number of nitriles is 1. The van der Waals surface area contributed by atoms with Gasteiger partial charge in [0.05, 0.1) is 11.8 Å². The van der Waals surface area contributed by atoms with E-state index in [0.717, 1.165) is 29.2 Å². The number of hydrogen-bond donors (Lipinski definition) is 1. The Bertz CT molecular complexity index is 506. The van der Waals surface area contributed by atoms with Crippen molar-refractivity contribution in [3.63, 3.8) is 0 Å². The van der Waals surface area contributed by atoms with Crippen LogP contribution in [0.4, 0.5) is 0 Å². The monoisotopic (exact) mass is 211 g/mol. The summed E-state index contributed by atoms with van der Waals surface area (Å²) in [4.78, 5) is 7.74. The standard InChI is InChI=1S/C13H13N3/c1-10-12(8-5-9-14)16-13(15-10)11-6-3-2-4-7-11/h2-4,6-7H,5,8H2,1H3,(H,15,16). The molecular formula is C13H13N3. The first kappa shape index (κ1) is 10.4. The van der Waals surface area contributed by atoms with Gasteiger partial charge in [-0.25, -0.2) is 4.98 Å². The molecule has 1 aromatic heterocycles. The molecule has 1 heterocycles. The van der Waals surface area contributed by atoms with Crippen molar-refractivity contribution >= 4 is 0 Å². The number of hydrogen-bond acceptors (Lipinski definition) is 2. The number of H-pyrrole nitrogens is 1. The highest BCUT2D eigenvalue weighted by atomic mass is 14.9. The summed E-state index contributed by atoms with van der Waals surface area (Å²) >= 11 is 0. The highest BCUT2D eigenvalue weighted by Crippen LogP contribution is 2.18. The lowest BCUT2D eigenvalue weighted by molar-refractivity contribution is 0.953. The van der Waals surface area contributed by atoms with Crippen LogP contribution < -0.4 is 0 Å². The van der Waals surface area contributed by atoms with Crippen LogP contribution in [0.25, 0.3) is 11.4 Å². The SMILES string of the molecule is Cc1nc(-c2ccccc2)[nH]c1CCC#N. The van der Waals surface area contributed by atoms with Crippen LogP contribution in [0.15, 0.2) is 30.3 Å². The third-order valence-corrected chi connectivity index (χ3v) is 2.52. The third-order valence-electron chi connectivity index (χ3n) is 2.52. The molecule has 80 valence electrons. The Labute approximate surface area is 94.8 Å². The van der Waals surface area contributed by atoms with Gasteiger partial charge in [-0.2, -0.15) is 5.26 Å². The van der Waals surface area contributed by atoms with Crippen LogP contribution in [0, 0.1) is 18.3 Å². The molecule has 0 unspecified atom stereocenters. The first-order chi connectivity index (χ1) is 7.81. The second-order valence-corrected chi connectivity index (χ2v) is 3.67. The summed E-state index contributed by atoms with van der Waals surface area (Å²) < 4.78 is 0. The molecule has 0 aliphatic carbocycles. The number of aryl methyl sites for hydroxylation is 2. The third kappa shape index (κ3) is 2.12. The van der Waals surface area contributed by atoms with E-state index in [0.29, 0.717) is 6.42 Å². The summed E-state index contributed by atoms with van der Waals surface area (Å²) in [6, 6.07) is 12.1. The largest absolute Gasteiger partial charge is 0.342 e. The van der Waals surface area contributed by atoms with Crippen molar-refractivity contribution in [3.05, 3.63) is 41.7 Å². The van der Waals surface area contributed by atoms with Crippen molar-refractivity contribution in [1.82, 2.24) is 9.97 Å². The van der Waals surface area contributed by atoms with E-state index in [-0.39, 0.29) is 0 Å². The van der Waals surface area contributed by atoms with E-state index in [1.165, 1.54) is 0 Å². The van der Waals surface area contributed by atoms with Crippen LogP contribution in [-0.4, -0.2) is 9.97 Å². The molecule has 1 aromatic carbocycles. The maximum absolute atomic E-state index is 8.56. The summed E-state index contributed by atoms with van der Waals surface area (Å²) in [5.41, 5.74) is 3.11. The van der Waals surface area contributed by atoms with E-state index in [9.17, 15) is 0 Å². The van der Waals surface area contributed by atoms with Gasteiger partial charge in [0.1, 0.15) is 5.82 Å². The molecule has 0 fully saturated rings. The minimum absolute atomic E-state index is 0.525. The van der Waals surface area contributed by atoms with Crippen LogP contribution >= 0.6 is 0 Å². The summed E-state index contributed by atoms with van der Waals surface area (Å²) in [6.45, 7) is 1.97. The number of nitrogens with zero attached hydrogens (tertiary/aromatic N) is 2. The maximum atomic E-state index is 8.56. The predicted molar refractivity (Wildman–Crippen MR) is 62.7 cm³/mol. The molecule has 0 atom stereocenters. The average molecular weight is 211 g/mol. The topological polar surface area (TPSA) is 52.5 Å². The Morgan fingerprint density at radius 3 is 2.75 bits per heavy atom. The van der Waals surface area contributed by atoms with E-state index in [1.54, 1.807) is 0 Å². The highest BCUT2D eigenvalue weighted by molar-refractivity contribution is 5.55. The predicted octanol–water partition coefficient (Wildman–Crippen LogP) is 2.84. The molecule has 0 saturated carbocycles. The van der Waals surface area contributed by atoms with Crippen LogP contribution in [0.3, 0.4) is 0 Å². The number of aromatic amines is 1. The Morgan fingerprint density at radius 2 is 2.06 bits per heavy atom. The Balaban J connectivity index is 2.28. The van der Waals surface area contributed by atoms with Gasteiger partial charge in [-0.1, -0.05) is 30.3 Å². The lowest BCUT2D eigenvalue weighted by Crippen LogP contribution is -1.86. The minimum Gasteiger partial charge on any atom is -0.342 e. The zero-order valence-electron chi connectivity index (χ0n) is 9.20.